The van der Waals surface area contributed by atoms with Gasteiger partial charge in [-0.25, -0.2) is 9.59 Å². The van der Waals surface area contributed by atoms with E-state index in [-0.39, 0.29) is 10.6 Å². The van der Waals surface area contributed by atoms with Crippen LogP contribution < -0.4 is 0 Å². The molecule has 0 fully saturated rings. The molecule has 1 rings (SSSR count). The van der Waals surface area contributed by atoms with Crippen LogP contribution in [0.1, 0.15) is 22.8 Å². The summed E-state index contributed by atoms with van der Waals surface area (Å²) in [6.07, 6.45) is 2.86. The van der Waals surface area contributed by atoms with Crippen molar-refractivity contribution in [2.75, 3.05) is 13.7 Å². The van der Waals surface area contributed by atoms with E-state index >= 15 is 0 Å². The third kappa shape index (κ3) is 3.89. The molecule has 0 atom stereocenters. The van der Waals surface area contributed by atoms with Gasteiger partial charge in [0.25, 0.3) is 0 Å². The van der Waals surface area contributed by atoms with Crippen LogP contribution in [-0.4, -0.2) is 25.7 Å². The van der Waals surface area contributed by atoms with Gasteiger partial charge in [0, 0.05) is 6.08 Å². The monoisotopic (exact) mass is 268 g/mol. The van der Waals surface area contributed by atoms with E-state index in [9.17, 15) is 9.59 Å². The summed E-state index contributed by atoms with van der Waals surface area (Å²) in [5.74, 6) is -0.924. The summed E-state index contributed by atoms with van der Waals surface area (Å²) in [5, 5.41) is 0.271. The third-order valence-electron chi connectivity index (χ3n) is 2.10. The van der Waals surface area contributed by atoms with Gasteiger partial charge in [-0.2, -0.15) is 0 Å². The molecule has 0 spiro atoms. The molecule has 0 saturated carbocycles. The molecule has 0 aliphatic rings. The number of halogens is 1. The van der Waals surface area contributed by atoms with Crippen molar-refractivity contribution in [3.8, 4) is 0 Å². The fourth-order valence-corrected chi connectivity index (χ4v) is 1.53. The number of ether oxygens (including phenoxy) is 2. The van der Waals surface area contributed by atoms with Gasteiger partial charge >= 0.3 is 11.9 Å². The quantitative estimate of drug-likeness (QED) is 0.622. The Morgan fingerprint density at radius 3 is 2.67 bits per heavy atom. The summed E-state index contributed by atoms with van der Waals surface area (Å²) in [6.45, 7) is 2.05. The number of benzene rings is 1. The highest BCUT2D eigenvalue weighted by Crippen LogP contribution is 2.19. The first-order chi connectivity index (χ1) is 8.58. The van der Waals surface area contributed by atoms with Crippen LogP contribution >= 0.6 is 11.6 Å². The zero-order valence-corrected chi connectivity index (χ0v) is 10.9. The molecule has 4 nitrogen and oxygen atoms in total. The van der Waals surface area contributed by atoms with Crippen LogP contribution in [0.3, 0.4) is 0 Å². The lowest BCUT2D eigenvalue weighted by Gasteiger charge is -2.03. The Bertz CT molecular complexity index is 480. The van der Waals surface area contributed by atoms with Crippen molar-refractivity contribution >= 4 is 29.6 Å². The van der Waals surface area contributed by atoms with E-state index in [2.05, 4.69) is 4.74 Å². The molecular weight excluding hydrogens is 256 g/mol. The van der Waals surface area contributed by atoms with Gasteiger partial charge in [0.05, 0.1) is 24.3 Å². The Morgan fingerprint density at radius 1 is 1.39 bits per heavy atom. The summed E-state index contributed by atoms with van der Waals surface area (Å²) in [4.78, 5) is 22.4. The fourth-order valence-electron chi connectivity index (χ4n) is 1.27. The van der Waals surface area contributed by atoms with E-state index < -0.39 is 11.9 Å². The number of rotatable bonds is 4. The second kappa shape index (κ2) is 6.81. The van der Waals surface area contributed by atoms with Crippen molar-refractivity contribution in [3.05, 3.63) is 40.4 Å². The molecule has 1 aromatic rings. The normalized spacial score (nSPS) is 10.4. The molecule has 0 aliphatic heterocycles. The SMILES string of the molecule is CCOC(=O)C=Cc1ccc(C(=O)OC)c(Cl)c1. The molecule has 0 amide bonds. The zero-order valence-electron chi connectivity index (χ0n) is 10.1. The summed E-state index contributed by atoms with van der Waals surface area (Å²) in [5.41, 5.74) is 0.980. The maximum Gasteiger partial charge on any atom is 0.339 e. The highest BCUT2D eigenvalue weighted by Gasteiger charge is 2.10. The first kappa shape index (κ1) is 14.3. The molecule has 0 radical (unpaired) electrons. The van der Waals surface area contributed by atoms with Crippen LogP contribution in [0.25, 0.3) is 6.08 Å². The molecule has 0 aromatic heterocycles. The number of carbonyl (C=O) groups excluding carboxylic acids is 2. The molecule has 0 saturated heterocycles. The first-order valence-corrected chi connectivity index (χ1v) is 5.69. The minimum Gasteiger partial charge on any atom is -0.465 e. The lowest BCUT2D eigenvalue weighted by molar-refractivity contribution is -0.137. The molecule has 0 N–H and O–H groups in total. The number of methoxy groups -OCH3 is 1. The second-order valence-corrected chi connectivity index (χ2v) is 3.72. The average molecular weight is 269 g/mol. The highest BCUT2D eigenvalue weighted by molar-refractivity contribution is 6.33. The van der Waals surface area contributed by atoms with Crippen LogP contribution in [0.15, 0.2) is 24.3 Å². The molecule has 96 valence electrons. The van der Waals surface area contributed by atoms with Crippen molar-refractivity contribution in [2.45, 2.75) is 6.92 Å². The Kier molecular flexibility index (Phi) is 5.39. The Balaban J connectivity index is 2.85. The van der Waals surface area contributed by atoms with Crippen molar-refractivity contribution in [3.63, 3.8) is 0 Å². The zero-order chi connectivity index (χ0) is 13.5. The lowest BCUT2D eigenvalue weighted by Crippen LogP contribution is -2.02. The Labute approximate surface area is 110 Å². The first-order valence-electron chi connectivity index (χ1n) is 5.31. The third-order valence-corrected chi connectivity index (χ3v) is 2.41. The van der Waals surface area contributed by atoms with Crippen LogP contribution in [0.4, 0.5) is 0 Å². The van der Waals surface area contributed by atoms with Gasteiger partial charge in [-0.3, -0.25) is 0 Å². The van der Waals surface area contributed by atoms with Gasteiger partial charge < -0.3 is 9.47 Å². The van der Waals surface area contributed by atoms with E-state index in [0.29, 0.717) is 12.2 Å². The van der Waals surface area contributed by atoms with E-state index in [4.69, 9.17) is 16.3 Å². The van der Waals surface area contributed by atoms with E-state index in [0.717, 1.165) is 0 Å². The van der Waals surface area contributed by atoms with Gasteiger partial charge in [0.1, 0.15) is 0 Å². The smallest absolute Gasteiger partial charge is 0.339 e. The maximum absolute atomic E-state index is 11.3. The topological polar surface area (TPSA) is 52.6 Å². The van der Waals surface area contributed by atoms with Gasteiger partial charge in [-0.05, 0) is 30.7 Å². The van der Waals surface area contributed by atoms with Crippen molar-refractivity contribution in [1.29, 1.82) is 0 Å². The molecular formula is C13H13ClO4. The predicted molar refractivity (Wildman–Crippen MR) is 68.5 cm³/mol. The van der Waals surface area contributed by atoms with Crippen molar-refractivity contribution in [2.24, 2.45) is 0 Å². The molecule has 0 bridgehead atoms. The lowest BCUT2D eigenvalue weighted by atomic mass is 10.1. The van der Waals surface area contributed by atoms with Crippen molar-refractivity contribution in [1.82, 2.24) is 0 Å². The van der Waals surface area contributed by atoms with Gasteiger partial charge in [0.2, 0.25) is 0 Å². The Hall–Kier alpha value is -1.81. The maximum atomic E-state index is 11.3. The summed E-state index contributed by atoms with van der Waals surface area (Å²) >= 11 is 5.93. The minimum atomic E-state index is -0.499. The Morgan fingerprint density at radius 2 is 2.11 bits per heavy atom. The molecule has 1 aromatic carbocycles. The predicted octanol–water partition coefficient (Wildman–Crippen LogP) is 2.70. The molecule has 0 unspecified atom stereocenters. The largest absolute Gasteiger partial charge is 0.465 e. The van der Waals surface area contributed by atoms with Crippen LogP contribution in [-0.2, 0) is 14.3 Å². The van der Waals surface area contributed by atoms with E-state index in [1.54, 1.807) is 31.2 Å². The molecule has 18 heavy (non-hydrogen) atoms. The number of carbonyl (C=O) groups is 2. The fraction of sp³-hybridized carbons (Fsp3) is 0.231. The summed E-state index contributed by atoms with van der Waals surface area (Å²) < 4.78 is 9.31. The molecule has 0 aliphatic carbocycles. The standard InChI is InChI=1S/C13H13ClO4/c1-3-18-12(15)7-5-9-4-6-10(11(14)8-9)13(16)17-2/h4-8H,3H2,1-2H3. The number of esters is 2. The van der Waals surface area contributed by atoms with E-state index in [1.165, 1.54) is 13.2 Å². The summed E-state index contributed by atoms with van der Waals surface area (Å²) in [6, 6.07) is 4.77. The van der Waals surface area contributed by atoms with Crippen LogP contribution in [0.5, 0.6) is 0 Å². The summed E-state index contributed by atoms with van der Waals surface area (Å²) in [7, 11) is 1.28. The van der Waals surface area contributed by atoms with Gasteiger partial charge in [0.15, 0.2) is 0 Å². The minimum absolute atomic E-state index is 0.271. The average Bonchev–Trinajstić information content (AvgIpc) is 2.36. The molecule has 0 heterocycles. The van der Waals surface area contributed by atoms with Crippen LogP contribution in [0, 0.1) is 0 Å². The van der Waals surface area contributed by atoms with Gasteiger partial charge in [-0.15, -0.1) is 0 Å². The van der Waals surface area contributed by atoms with Gasteiger partial charge in [-0.1, -0.05) is 17.7 Å². The van der Waals surface area contributed by atoms with Crippen molar-refractivity contribution < 1.29 is 19.1 Å². The number of hydrogen-bond donors (Lipinski definition) is 0. The van der Waals surface area contributed by atoms with Crippen LogP contribution in [0.2, 0.25) is 5.02 Å². The highest BCUT2D eigenvalue weighted by atomic mass is 35.5. The van der Waals surface area contributed by atoms with E-state index in [1.807, 2.05) is 0 Å². The second-order valence-electron chi connectivity index (χ2n) is 3.32. The number of hydrogen-bond acceptors (Lipinski definition) is 4. The molecule has 5 heteroatoms.